The van der Waals surface area contributed by atoms with Crippen molar-refractivity contribution in [2.75, 3.05) is 7.11 Å². The fourth-order valence-electron chi connectivity index (χ4n) is 2.20. The van der Waals surface area contributed by atoms with Gasteiger partial charge in [-0.3, -0.25) is 0 Å². The lowest BCUT2D eigenvalue weighted by Gasteiger charge is -2.15. The van der Waals surface area contributed by atoms with Crippen LogP contribution in [0.5, 0.6) is 17.2 Å². The second kappa shape index (κ2) is 6.36. The maximum absolute atomic E-state index is 12.3. The average molecular weight is 327 g/mol. The van der Waals surface area contributed by atoms with E-state index in [9.17, 15) is 18.3 Å². The lowest BCUT2D eigenvalue weighted by molar-refractivity contribution is -0.274. The van der Waals surface area contributed by atoms with Gasteiger partial charge >= 0.3 is 6.36 Å². The number of rotatable bonds is 4. The van der Waals surface area contributed by atoms with Gasteiger partial charge in [0.1, 0.15) is 17.2 Å². The second-order valence-electron chi connectivity index (χ2n) is 4.86. The first-order valence-corrected chi connectivity index (χ1v) is 6.88. The van der Waals surface area contributed by atoms with Gasteiger partial charge in [0.05, 0.1) is 18.5 Å². The number of alkyl halides is 3. The molecule has 0 bridgehead atoms. The molecule has 0 spiro atoms. The van der Waals surface area contributed by atoms with Gasteiger partial charge in [-0.2, -0.15) is 0 Å². The van der Waals surface area contributed by atoms with Crippen molar-refractivity contribution in [2.45, 2.75) is 26.6 Å². The number of ether oxygens (including phenoxy) is 2. The Balaban J connectivity index is 2.54. The number of benzene rings is 1. The van der Waals surface area contributed by atoms with Crippen LogP contribution in [0.15, 0.2) is 24.3 Å². The Morgan fingerprint density at radius 3 is 2.48 bits per heavy atom. The molecule has 0 atom stereocenters. The minimum Gasteiger partial charge on any atom is -0.506 e. The highest BCUT2D eigenvalue weighted by Crippen LogP contribution is 2.37. The van der Waals surface area contributed by atoms with Gasteiger partial charge in [0, 0.05) is 11.6 Å². The third kappa shape index (κ3) is 3.85. The Morgan fingerprint density at radius 1 is 1.22 bits per heavy atom. The van der Waals surface area contributed by atoms with E-state index in [-0.39, 0.29) is 17.2 Å². The number of aryl methyl sites for hydroxylation is 2. The molecule has 1 N–H and O–H groups in total. The van der Waals surface area contributed by atoms with Crippen LogP contribution in [0.1, 0.15) is 18.2 Å². The summed E-state index contributed by atoms with van der Waals surface area (Å²) in [6, 6.07) is 5.41. The first-order valence-electron chi connectivity index (χ1n) is 6.88. The topological polar surface area (TPSA) is 51.6 Å². The molecule has 0 fully saturated rings. The van der Waals surface area contributed by atoms with Gasteiger partial charge in [0.25, 0.3) is 0 Å². The first kappa shape index (κ1) is 16.9. The van der Waals surface area contributed by atoms with E-state index in [2.05, 4.69) is 9.72 Å². The summed E-state index contributed by atoms with van der Waals surface area (Å²) in [6.07, 6.45) is -4.17. The molecule has 2 aromatic rings. The van der Waals surface area contributed by atoms with Crippen molar-refractivity contribution >= 4 is 0 Å². The SMILES string of the molecule is CCc1cc(O)c(C)nc1-c1ccc(OC(F)(F)F)cc1OC. The summed E-state index contributed by atoms with van der Waals surface area (Å²) < 4.78 is 46.0. The third-order valence-electron chi connectivity index (χ3n) is 3.31. The third-order valence-corrected chi connectivity index (χ3v) is 3.31. The molecule has 1 heterocycles. The van der Waals surface area contributed by atoms with Crippen molar-refractivity contribution < 1.29 is 27.8 Å². The zero-order chi connectivity index (χ0) is 17.2. The van der Waals surface area contributed by atoms with Crippen LogP contribution in [0, 0.1) is 6.92 Å². The predicted octanol–water partition coefficient (Wildman–Crippen LogP) is 4.23. The van der Waals surface area contributed by atoms with Gasteiger partial charge < -0.3 is 14.6 Å². The van der Waals surface area contributed by atoms with Gasteiger partial charge in [0.15, 0.2) is 0 Å². The second-order valence-corrected chi connectivity index (χ2v) is 4.86. The van der Waals surface area contributed by atoms with Gasteiger partial charge in [-0.1, -0.05) is 6.92 Å². The largest absolute Gasteiger partial charge is 0.573 e. The van der Waals surface area contributed by atoms with E-state index in [1.165, 1.54) is 19.2 Å². The van der Waals surface area contributed by atoms with E-state index in [1.807, 2.05) is 6.92 Å². The van der Waals surface area contributed by atoms with Crippen LogP contribution in [-0.4, -0.2) is 23.6 Å². The number of hydrogen-bond donors (Lipinski definition) is 1. The molecule has 0 aliphatic heterocycles. The highest BCUT2D eigenvalue weighted by atomic mass is 19.4. The number of methoxy groups -OCH3 is 1. The van der Waals surface area contributed by atoms with Gasteiger partial charge in [-0.05, 0) is 37.1 Å². The number of nitrogens with zero attached hydrogens (tertiary/aromatic N) is 1. The number of hydrogen-bond acceptors (Lipinski definition) is 4. The van der Waals surface area contributed by atoms with Crippen LogP contribution in [0.2, 0.25) is 0 Å². The molecule has 0 unspecified atom stereocenters. The smallest absolute Gasteiger partial charge is 0.506 e. The molecule has 0 saturated carbocycles. The molecule has 7 heteroatoms. The first-order chi connectivity index (χ1) is 10.7. The number of aromatic nitrogens is 1. The number of pyridine rings is 1. The highest BCUT2D eigenvalue weighted by Gasteiger charge is 2.31. The minimum absolute atomic E-state index is 0.0709. The molecule has 23 heavy (non-hydrogen) atoms. The summed E-state index contributed by atoms with van der Waals surface area (Å²) in [5.41, 5.74) is 2.27. The van der Waals surface area contributed by atoms with E-state index in [4.69, 9.17) is 4.74 Å². The van der Waals surface area contributed by atoms with Crippen molar-refractivity contribution in [2.24, 2.45) is 0 Å². The number of halogens is 3. The van der Waals surface area contributed by atoms with E-state index in [0.717, 1.165) is 11.6 Å². The fourth-order valence-corrected chi connectivity index (χ4v) is 2.20. The van der Waals surface area contributed by atoms with E-state index in [0.29, 0.717) is 23.4 Å². The van der Waals surface area contributed by atoms with E-state index < -0.39 is 6.36 Å². The summed E-state index contributed by atoms with van der Waals surface area (Å²) in [7, 11) is 1.36. The molecule has 0 saturated heterocycles. The van der Waals surface area contributed by atoms with E-state index in [1.54, 1.807) is 13.0 Å². The van der Waals surface area contributed by atoms with Crippen LogP contribution in [0.3, 0.4) is 0 Å². The maximum atomic E-state index is 12.3. The predicted molar refractivity (Wildman–Crippen MR) is 78.7 cm³/mol. The summed E-state index contributed by atoms with van der Waals surface area (Å²) in [6.45, 7) is 3.54. The summed E-state index contributed by atoms with van der Waals surface area (Å²) in [5, 5.41) is 9.76. The molecule has 4 nitrogen and oxygen atoms in total. The maximum Gasteiger partial charge on any atom is 0.573 e. The molecule has 0 amide bonds. The van der Waals surface area contributed by atoms with Gasteiger partial charge in [0.2, 0.25) is 0 Å². The van der Waals surface area contributed by atoms with E-state index >= 15 is 0 Å². The zero-order valence-corrected chi connectivity index (χ0v) is 12.9. The fraction of sp³-hybridized carbons (Fsp3) is 0.312. The molecular weight excluding hydrogens is 311 g/mol. The Morgan fingerprint density at radius 2 is 1.91 bits per heavy atom. The number of aromatic hydroxyl groups is 1. The van der Waals surface area contributed by atoms with Crippen molar-refractivity contribution in [3.05, 3.63) is 35.5 Å². The Hall–Kier alpha value is -2.44. The van der Waals surface area contributed by atoms with Gasteiger partial charge in [-0.15, -0.1) is 13.2 Å². The zero-order valence-electron chi connectivity index (χ0n) is 12.9. The van der Waals surface area contributed by atoms with Crippen molar-refractivity contribution in [1.29, 1.82) is 0 Å². The molecule has 0 radical (unpaired) electrons. The summed E-state index contributed by atoms with van der Waals surface area (Å²) >= 11 is 0. The molecule has 2 rings (SSSR count). The minimum atomic E-state index is -4.77. The lowest BCUT2D eigenvalue weighted by Crippen LogP contribution is -2.17. The van der Waals surface area contributed by atoms with Crippen LogP contribution in [0.25, 0.3) is 11.3 Å². The van der Waals surface area contributed by atoms with Gasteiger partial charge in [-0.25, -0.2) is 4.98 Å². The molecular formula is C16H16F3NO3. The van der Waals surface area contributed by atoms with Crippen molar-refractivity contribution in [1.82, 2.24) is 4.98 Å². The molecule has 0 aliphatic rings. The molecule has 0 aliphatic carbocycles. The standard InChI is InChI=1S/C16H16F3NO3/c1-4-10-7-13(21)9(2)20-15(10)12-6-5-11(8-14(12)22-3)23-16(17,18)19/h5-8,21H,4H2,1-3H3. The lowest BCUT2D eigenvalue weighted by atomic mass is 10.0. The molecule has 124 valence electrons. The van der Waals surface area contributed by atoms with Crippen molar-refractivity contribution in [3.63, 3.8) is 0 Å². The van der Waals surface area contributed by atoms with Crippen LogP contribution in [0.4, 0.5) is 13.2 Å². The normalized spacial score (nSPS) is 11.4. The summed E-state index contributed by atoms with van der Waals surface area (Å²) in [5.74, 6) is -0.0905. The Bertz CT molecular complexity index is 714. The average Bonchev–Trinajstić information content (AvgIpc) is 2.48. The summed E-state index contributed by atoms with van der Waals surface area (Å²) in [4.78, 5) is 4.33. The molecule has 1 aromatic heterocycles. The van der Waals surface area contributed by atoms with Crippen LogP contribution in [-0.2, 0) is 6.42 Å². The van der Waals surface area contributed by atoms with Crippen LogP contribution >= 0.6 is 0 Å². The molecule has 1 aromatic carbocycles. The monoisotopic (exact) mass is 327 g/mol. The Labute approximate surface area is 131 Å². The van der Waals surface area contributed by atoms with Crippen molar-refractivity contribution in [3.8, 4) is 28.5 Å². The van der Waals surface area contributed by atoms with Crippen LogP contribution < -0.4 is 9.47 Å². The highest BCUT2D eigenvalue weighted by molar-refractivity contribution is 5.72. The quantitative estimate of drug-likeness (QED) is 0.913. The Kier molecular flexibility index (Phi) is 4.68.